The van der Waals surface area contributed by atoms with Crippen molar-refractivity contribution in [1.82, 2.24) is 19.1 Å². The molecule has 0 saturated heterocycles. The van der Waals surface area contributed by atoms with Crippen molar-refractivity contribution in [2.45, 2.75) is 19.3 Å². The van der Waals surface area contributed by atoms with Crippen LogP contribution in [-0.4, -0.2) is 19.1 Å². The quantitative estimate of drug-likeness (QED) is 0.182. The molecule has 0 amide bonds. The molecule has 6 aromatic carbocycles. The summed E-state index contributed by atoms with van der Waals surface area (Å²) in [6.07, 6.45) is 1.86. The molecular weight excluding hydrogens is 639 g/mol. The third-order valence-corrected chi connectivity index (χ3v) is 10.6. The first-order valence-corrected chi connectivity index (χ1v) is 17.7. The number of hydrogen-bond donors (Lipinski definition) is 0. The Bertz CT molecular complexity index is 2820. The molecule has 9 aromatic rings. The fourth-order valence-corrected chi connectivity index (χ4v) is 8.26. The van der Waals surface area contributed by atoms with E-state index in [9.17, 15) is 0 Å². The number of benzene rings is 6. The SMILES string of the molecule is Cn1c(-c2cccc(Oc3cc4c(c5c3c3ccccc3n5-c3ccccc3)C(C)(C)c3ccccc3N4c3ccccn3)c2)nc2ccccc21. The van der Waals surface area contributed by atoms with Gasteiger partial charge < -0.3 is 13.9 Å². The van der Waals surface area contributed by atoms with Crippen molar-refractivity contribution in [3.8, 4) is 28.6 Å². The number of aryl methyl sites for hydroxylation is 1. The molecule has 52 heavy (non-hydrogen) atoms. The van der Waals surface area contributed by atoms with Crippen molar-refractivity contribution in [3.05, 3.63) is 169 Å². The number of rotatable bonds is 5. The Labute approximate surface area is 301 Å². The van der Waals surface area contributed by atoms with Crippen LogP contribution in [0.15, 0.2) is 158 Å². The van der Waals surface area contributed by atoms with E-state index < -0.39 is 0 Å². The van der Waals surface area contributed by atoms with E-state index in [0.29, 0.717) is 0 Å². The van der Waals surface area contributed by atoms with E-state index in [4.69, 9.17) is 14.7 Å². The van der Waals surface area contributed by atoms with Crippen LogP contribution in [0.1, 0.15) is 25.0 Å². The van der Waals surface area contributed by atoms with Crippen LogP contribution < -0.4 is 9.64 Å². The molecule has 0 bridgehead atoms. The highest BCUT2D eigenvalue weighted by Gasteiger charge is 2.41. The molecule has 0 N–H and O–H groups in total. The summed E-state index contributed by atoms with van der Waals surface area (Å²) in [5.74, 6) is 3.26. The fourth-order valence-electron chi connectivity index (χ4n) is 8.26. The number of anilines is 3. The average molecular weight is 674 g/mol. The third kappa shape index (κ3) is 4.44. The third-order valence-electron chi connectivity index (χ3n) is 10.6. The van der Waals surface area contributed by atoms with Crippen LogP contribution in [-0.2, 0) is 12.5 Å². The zero-order valence-corrected chi connectivity index (χ0v) is 29.2. The smallest absolute Gasteiger partial charge is 0.140 e. The lowest BCUT2D eigenvalue weighted by Gasteiger charge is -2.42. The van der Waals surface area contributed by atoms with Crippen LogP contribution in [0.25, 0.3) is 49.9 Å². The summed E-state index contributed by atoms with van der Waals surface area (Å²) in [5.41, 5.74) is 10.6. The second-order valence-electron chi connectivity index (χ2n) is 14.0. The van der Waals surface area contributed by atoms with Gasteiger partial charge in [0, 0.05) is 46.9 Å². The first-order chi connectivity index (χ1) is 25.5. The monoisotopic (exact) mass is 673 g/mol. The van der Waals surface area contributed by atoms with E-state index in [2.05, 4.69) is 156 Å². The molecule has 0 radical (unpaired) electrons. The predicted molar refractivity (Wildman–Crippen MR) is 212 cm³/mol. The molecule has 0 fully saturated rings. The van der Waals surface area contributed by atoms with Gasteiger partial charge in [-0.05, 0) is 66.2 Å². The zero-order chi connectivity index (χ0) is 35.0. The molecule has 1 aliphatic heterocycles. The first kappa shape index (κ1) is 30.2. The van der Waals surface area contributed by atoms with Crippen LogP contribution in [0.2, 0.25) is 0 Å². The highest BCUT2D eigenvalue weighted by atomic mass is 16.5. The van der Waals surface area contributed by atoms with Crippen molar-refractivity contribution in [2.24, 2.45) is 7.05 Å². The number of ether oxygens (including phenoxy) is 1. The molecular formula is C46H35N5O. The van der Waals surface area contributed by atoms with Crippen molar-refractivity contribution in [3.63, 3.8) is 0 Å². The van der Waals surface area contributed by atoms with Gasteiger partial charge in [-0.15, -0.1) is 0 Å². The Morgan fingerprint density at radius 3 is 2.23 bits per heavy atom. The number of imidazole rings is 1. The van der Waals surface area contributed by atoms with Gasteiger partial charge in [-0.25, -0.2) is 9.97 Å². The second kappa shape index (κ2) is 11.4. The molecule has 1 aliphatic rings. The van der Waals surface area contributed by atoms with E-state index in [1.807, 2.05) is 36.5 Å². The minimum Gasteiger partial charge on any atom is -0.457 e. The van der Waals surface area contributed by atoms with Crippen molar-refractivity contribution < 1.29 is 4.74 Å². The van der Waals surface area contributed by atoms with Gasteiger partial charge in [0.05, 0.1) is 38.8 Å². The van der Waals surface area contributed by atoms with Gasteiger partial charge in [-0.1, -0.05) is 98.8 Å². The van der Waals surface area contributed by atoms with Crippen LogP contribution in [0.5, 0.6) is 11.5 Å². The first-order valence-electron chi connectivity index (χ1n) is 17.7. The van der Waals surface area contributed by atoms with E-state index in [-0.39, 0.29) is 5.41 Å². The number of hydrogen-bond acceptors (Lipinski definition) is 4. The molecule has 4 heterocycles. The Hall–Kier alpha value is -6.66. The minimum atomic E-state index is -0.366. The standard InChI is InChI=1S/C46H35N5O/c1-46(2)34-21-8-11-24-37(34)51(41-26-13-14-27-47-41)39-29-40(52-32-19-15-16-30(28-32)45-48-35-22-9-12-25-38(35)49(45)3)42-33-20-7-10-23-36(33)50(44(42)43(39)46)31-17-5-4-6-18-31/h4-29H,1-3H3. The van der Waals surface area contributed by atoms with Crippen molar-refractivity contribution >= 4 is 50.0 Å². The number of pyridine rings is 1. The highest BCUT2D eigenvalue weighted by Crippen LogP contribution is 2.57. The Morgan fingerprint density at radius 1 is 0.654 bits per heavy atom. The Kier molecular flexibility index (Phi) is 6.64. The van der Waals surface area contributed by atoms with Gasteiger partial charge in [0.2, 0.25) is 0 Å². The molecule has 250 valence electrons. The lowest BCUT2D eigenvalue weighted by Crippen LogP contribution is -2.31. The van der Waals surface area contributed by atoms with E-state index in [1.165, 1.54) is 11.1 Å². The molecule has 0 spiro atoms. The number of nitrogens with zero attached hydrogens (tertiary/aromatic N) is 5. The van der Waals surface area contributed by atoms with Gasteiger partial charge in [-0.3, -0.25) is 4.90 Å². The summed E-state index contributed by atoms with van der Waals surface area (Å²) in [6, 6.07) is 52.9. The summed E-state index contributed by atoms with van der Waals surface area (Å²) in [4.78, 5) is 12.2. The van der Waals surface area contributed by atoms with Crippen LogP contribution in [0, 0.1) is 0 Å². The van der Waals surface area contributed by atoms with E-state index in [1.54, 1.807) is 0 Å². The Morgan fingerprint density at radius 2 is 1.40 bits per heavy atom. The van der Waals surface area contributed by atoms with Gasteiger partial charge in [0.15, 0.2) is 0 Å². The van der Waals surface area contributed by atoms with Crippen LogP contribution in [0.4, 0.5) is 17.2 Å². The lowest BCUT2D eigenvalue weighted by atomic mass is 9.72. The fraction of sp³-hybridized carbons (Fsp3) is 0.0870. The summed E-state index contributed by atoms with van der Waals surface area (Å²) in [5, 5.41) is 2.20. The van der Waals surface area contributed by atoms with Crippen molar-refractivity contribution in [1.29, 1.82) is 0 Å². The van der Waals surface area contributed by atoms with Gasteiger partial charge >= 0.3 is 0 Å². The summed E-state index contributed by atoms with van der Waals surface area (Å²) >= 11 is 0. The summed E-state index contributed by atoms with van der Waals surface area (Å²) < 4.78 is 11.7. The van der Waals surface area contributed by atoms with E-state index in [0.717, 1.165) is 78.6 Å². The molecule has 3 aromatic heterocycles. The Balaban J connectivity index is 1.29. The number of para-hydroxylation sites is 5. The number of aromatic nitrogens is 4. The maximum absolute atomic E-state index is 7.13. The van der Waals surface area contributed by atoms with Crippen LogP contribution in [0.3, 0.4) is 0 Å². The largest absolute Gasteiger partial charge is 0.457 e. The molecule has 6 heteroatoms. The summed E-state index contributed by atoms with van der Waals surface area (Å²) in [6.45, 7) is 4.68. The zero-order valence-electron chi connectivity index (χ0n) is 29.2. The van der Waals surface area contributed by atoms with Gasteiger partial charge in [-0.2, -0.15) is 0 Å². The van der Waals surface area contributed by atoms with Gasteiger partial charge in [0.1, 0.15) is 23.1 Å². The normalized spacial score (nSPS) is 13.4. The summed E-state index contributed by atoms with van der Waals surface area (Å²) in [7, 11) is 2.06. The minimum absolute atomic E-state index is 0.366. The molecule has 10 rings (SSSR count). The molecule has 6 nitrogen and oxygen atoms in total. The molecule has 0 aliphatic carbocycles. The average Bonchev–Trinajstić information content (AvgIpc) is 3.71. The maximum atomic E-state index is 7.13. The maximum Gasteiger partial charge on any atom is 0.140 e. The van der Waals surface area contributed by atoms with E-state index >= 15 is 0 Å². The molecule has 0 saturated carbocycles. The molecule has 0 unspecified atom stereocenters. The van der Waals surface area contributed by atoms with Crippen LogP contribution >= 0.6 is 0 Å². The van der Waals surface area contributed by atoms with Crippen molar-refractivity contribution in [2.75, 3.05) is 4.90 Å². The predicted octanol–water partition coefficient (Wildman–Crippen LogP) is 11.6. The lowest BCUT2D eigenvalue weighted by molar-refractivity contribution is 0.488. The molecule has 0 atom stereocenters. The highest BCUT2D eigenvalue weighted by molar-refractivity contribution is 6.16. The second-order valence-corrected chi connectivity index (χ2v) is 14.0. The topological polar surface area (TPSA) is 48.1 Å². The number of fused-ring (bicyclic) bond motifs is 7. The van der Waals surface area contributed by atoms with Gasteiger partial charge in [0.25, 0.3) is 0 Å².